The lowest BCUT2D eigenvalue weighted by molar-refractivity contribution is -0.122. The van der Waals surface area contributed by atoms with E-state index in [1.54, 1.807) is 0 Å². The number of hydrogen-bond acceptors (Lipinski definition) is 4. The molecule has 0 spiro atoms. The highest BCUT2D eigenvalue weighted by molar-refractivity contribution is 5.84. The second kappa shape index (κ2) is 5.24. The van der Waals surface area contributed by atoms with Crippen molar-refractivity contribution < 1.29 is 14.7 Å². The number of amides is 1. The van der Waals surface area contributed by atoms with Crippen LogP contribution in [0, 0.1) is 0 Å². The van der Waals surface area contributed by atoms with E-state index in [1.165, 1.54) is 10.9 Å². The minimum absolute atomic E-state index is 0.0232. The highest BCUT2D eigenvalue weighted by Crippen LogP contribution is 1.93. The molecule has 7 heteroatoms. The molecule has 0 radical (unpaired) electrons. The minimum Gasteiger partial charge on any atom is -0.476 e. The molecule has 1 atom stereocenters. The van der Waals surface area contributed by atoms with Gasteiger partial charge in [-0.3, -0.25) is 4.79 Å². The van der Waals surface area contributed by atoms with Crippen LogP contribution >= 0.6 is 0 Å². The summed E-state index contributed by atoms with van der Waals surface area (Å²) in [5, 5.41) is 18.3. The van der Waals surface area contributed by atoms with Gasteiger partial charge in [0.15, 0.2) is 5.69 Å². The molecule has 0 aliphatic rings. The zero-order valence-electron chi connectivity index (χ0n) is 9.17. The molecule has 0 saturated carbocycles. The van der Waals surface area contributed by atoms with Gasteiger partial charge in [0.2, 0.25) is 5.91 Å². The Morgan fingerprint density at radius 2 is 2.31 bits per heavy atom. The van der Waals surface area contributed by atoms with Crippen molar-refractivity contribution in [3.05, 3.63) is 11.9 Å². The third-order valence-electron chi connectivity index (χ3n) is 2.08. The van der Waals surface area contributed by atoms with E-state index in [9.17, 15) is 9.59 Å². The van der Waals surface area contributed by atoms with Crippen LogP contribution in [0.3, 0.4) is 0 Å². The zero-order chi connectivity index (χ0) is 12.1. The Labute approximate surface area is 92.4 Å². The molecule has 0 aliphatic carbocycles. The average Bonchev–Trinajstić information content (AvgIpc) is 2.65. The van der Waals surface area contributed by atoms with Gasteiger partial charge in [0.1, 0.15) is 6.54 Å². The lowest BCUT2D eigenvalue weighted by Gasteiger charge is -2.10. The standard InChI is InChI=1S/C9H14N4O3/c1-3-6(2)10-8(14)5-13-4-7(9(15)16)11-12-13/h4,6H,3,5H2,1-2H3,(H,10,14)(H,15,16). The van der Waals surface area contributed by atoms with Crippen LogP contribution in [0.5, 0.6) is 0 Å². The number of hydrogen-bond donors (Lipinski definition) is 2. The lowest BCUT2D eigenvalue weighted by Crippen LogP contribution is -2.34. The molecule has 0 fully saturated rings. The van der Waals surface area contributed by atoms with E-state index in [4.69, 9.17) is 5.11 Å². The summed E-state index contributed by atoms with van der Waals surface area (Å²) in [5.74, 6) is -1.37. The van der Waals surface area contributed by atoms with Crippen LogP contribution in [0.4, 0.5) is 0 Å². The van der Waals surface area contributed by atoms with E-state index < -0.39 is 5.97 Å². The van der Waals surface area contributed by atoms with E-state index in [1.807, 2.05) is 13.8 Å². The number of carboxylic acid groups (broad SMARTS) is 1. The largest absolute Gasteiger partial charge is 0.476 e. The Hall–Kier alpha value is -1.92. The quantitative estimate of drug-likeness (QED) is 0.730. The van der Waals surface area contributed by atoms with Crippen molar-refractivity contribution in [3.8, 4) is 0 Å². The maximum Gasteiger partial charge on any atom is 0.358 e. The molecule has 0 aromatic carbocycles. The van der Waals surface area contributed by atoms with E-state index in [0.717, 1.165) is 6.42 Å². The number of rotatable bonds is 5. The summed E-state index contributed by atoms with van der Waals surface area (Å²) in [6, 6.07) is 0.0926. The van der Waals surface area contributed by atoms with Gasteiger partial charge in [-0.25, -0.2) is 9.48 Å². The smallest absolute Gasteiger partial charge is 0.358 e. The molecule has 1 aromatic rings. The van der Waals surface area contributed by atoms with Gasteiger partial charge in [0.25, 0.3) is 0 Å². The van der Waals surface area contributed by atoms with Gasteiger partial charge < -0.3 is 10.4 Å². The lowest BCUT2D eigenvalue weighted by atomic mass is 10.2. The van der Waals surface area contributed by atoms with Crippen molar-refractivity contribution in [2.24, 2.45) is 0 Å². The van der Waals surface area contributed by atoms with Gasteiger partial charge in [-0.1, -0.05) is 12.1 Å². The summed E-state index contributed by atoms with van der Waals surface area (Å²) in [6.45, 7) is 3.83. The van der Waals surface area contributed by atoms with Crippen LogP contribution < -0.4 is 5.32 Å². The monoisotopic (exact) mass is 226 g/mol. The molecule has 16 heavy (non-hydrogen) atoms. The summed E-state index contributed by atoms with van der Waals surface area (Å²) in [4.78, 5) is 21.9. The highest BCUT2D eigenvalue weighted by Gasteiger charge is 2.11. The van der Waals surface area contributed by atoms with Crippen LogP contribution in [-0.4, -0.2) is 38.0 Å². The maximum atomic E-state index is 11.4. The molecule has 1 unspecified atom stereocenters. The first-order valence-corrected chi connectivity index (χ1v) is 4.95. The fourth-order valence-corrected chi connectivity index (χ4v) is 1.04. The SMILES string of the molecule is CCC(C)NC(=O)Cn1cc(C(=O)O)nn1. The predicted octanol–water partition coefficient (Wildman–Crippen LogP) is -0.109. The molecule has 0 aliphatic heterocycles. The predicted molar refractivity (Wildman–Crippen MR) is 54.9 cm³/mol. The second-order valence-electron chi connectivity index (χ2n) is 3.48. The van der Waals surface area contributed by atoms with Crippen LogP contribution in [0.15, 0.2) is 6.20 Å². The number of carboxylic acids is 1. The highest BCUT2D eigenvalue weighted by atomic mass is 16.4. The number of nitrogens with one attached hydrogen (secondary N) is 1. The molecule has 0 bridgehead atoms. The first-order valence-electron chi connectivity index (χ1n) is 4.95. The van der Waals surface area contributed by atoms with E-state index in [2.05, 4.69) is 15.6 Å². The van der Waals surface area contributed by atoms with Crippen LogP contribution in [0.2, 0.25) is 0 Å². The molecule has 0 saturated heterocycles. The summed E-state index contributed by atoms with van der Waals surface area (Å²) in [7, 11) is 0. The van der Waals surface area contributed by atoms with Crippen LogP contribution in [0.25, 0.3) is 0 Å². The van der Waals surface area contributed by atoms with Crippen molar-refractivity contribution in [1.29, 1.82) is 0 Å². The molecule has 1 heterocycles. The van der Waals surface area contributed by atoms with Crippen molar-refractivity contribution in [1.82, 2.24) is 20.3 Å². The van der Waals surface area contributed by atoms with Gasteiger partial charge >= 0.3 is 5.97 Å². The minimum atomic E-state index is -1.16. The summed E-state index contributed by atoms with van der Waals surface area (Å²) >= 11 is 0. The van der Waals surface area contributed by atoms with E-state index in [-0.39, 0.29) is 24.2 Å². The fourth-order valence-electron chi connectivity index (χ4n) is 1.04. The Balaban J connectivity index is 2.53. The molecule has 1 rings (SSSR count). The topological polar surface area (TPSA) is 97.1 Å². The van der Waals surface area contributed by atoms with Gasteiger partial charge in [-0.15, -0.1) is 5.10 Å². The van der Waals surface area contributed by atoms with Crippen molar-refractivity contribution >= 4 is 11.9 Å². The first kappa shape index (κ1) is 12.2. The number of carbonyl (C=O) groups is 2. The normalized spacial score (nSPS) is 12.1. The summed E-state index contributed by atoms with van der Waals surface area (Å²) in [6.07, 6.45) is 2.06. The van der Waals surface area contributed by atoms with E-state index in [0.29, 0.717) is 0 Å². The molecular formula is C9H14N4O3. The van der Waals surface area contributed by atoms with Gasteiger partial charge in [-0.05, 0) is 13.3 Å². The van der Waals surface area contributed by atoms with Crippen LogP contribution in [0.1, 0.15) is 30.8 Å². The molecule has 7 nitrogen and oxygen atoms in total. The van der Waals surface area contributed by atoms with Gasteiger partial charge in [-0.2, -0.15) is 0 Å². The molecule has 88 valence electrons. The Kier molecular flexibility index (Phi) is 3.98. The molecule has 1 aromatic heterocycles. The zero-order valence-corrected chi connectivity index (χ0v) is 9.17. The molecule has 2 N–H and O–H groups in total. The maximum absolute atomic E-state index is 11.4. The van der Waals surface area contributed by atoms with Gasteiger partial charge in [0, 0.05) is 6.04 Å². The van der Waals surface area contributed by atoms with Crippen molar-refractivity contribution in [3.63, 3.8) is 0 Å². The van der Waals surface area contributed by atoms with Crippen molar-refractivity contribution in [2.45, 2.75) is 32.9 Å². The molecule has 1 amide bonds. The van der Waals surface area contributed by atoms with Crippen LogP contribution in [-0.2, 0) is 11.3 Å². The average molecular weight is 226 g/mol. The Bertz CT molecular complexity index is 388. The number of carbonyl (C=O) groups excluding carboxylic acids is 1. The van der Waals surface area contributed by atoms with Crippen molar-refractivity contribution in [2.75, 3.05) is 0 Å². The van der Waals surface area contributed by atoms with E-state index >= 15 is 0 Å². The summed E-state index contributed by atoms with van der Waals surface area (Å²) < 4.78 is 1.20. The third-order valence-corrected chi connectivity index (χ3v) is 2.08. The van der Waals surface area contributed by atoms with Gasteiger partial charge in [0.05, 0.1) is 6.20 Å². The first-order chi connectivity index (χ1) is 7.52. The molecular weight excluding hydrogens is 212 g/mol. The number of aromatic nitrogens is 3. The Morgan fingerprint density at radius 1 is 1.62 bits per heavy atom. The second-order valence-corrected chi connectivity index (χ2v) is 3.48. The number of nitrogens with zero attached hydrogens (tertiary/aromatic N) is 3. The third kappa shape index (κ3) is 3.34. The number of aromatic carboxylic acids is 1. The Morgan fingerprint density at radius 3 is 2.81 bits per heavy atom. The summed E-state index contributed by atoms with van der Waals surface area (Å²) in [5.41, 5.74) is -0.170. The fraction of sp³-hybridized carbons (Fsp3) is 0.556.